The van der Waals surface area contributed by atoms with Crippen molar-refractivity contribution in [3.8, 4) is 0 Å². The molecule has 0 amide bonds. The van der Waals surface area contributed by atoms with E-state index in [9.17, 15) is 38.6 Å². The van der Waals surface area contributed by atoms with Crippen LogP contribution in [0.25, 0.3) is 0 Å². The molecule has 0 aliphatic heterocycles. The fraction of sp³-hybridized carbons (Fsp3) is 0.750. The second kappa shape index (κ2) is 14.8. The Hall–Kier alpha value is 3.24. The van der Waals surface area contributed by atoms with Gasteiger partial charge in [0.2, 0.25) is 0 Å². The van der Waals surface area contributed by atoms with Crippen molar-refractivity contribution in [3.63, 3.8) is 0 Å². The second-order valence-corrected chi connectivity index (χ2v) is 5.71. The molecule has 0 aromatic heterocycles. The monoisotopic (exact) mass is 386 g/mol. The van der Waals surface area contributed by atoms with E-state index in [-0.39, 0.29) is 110 Å². The van der Waals surface area contributed by atoms with Crippen LogP contribution in [0, 0.1) is 0 Å². The number of rotatable bonds is 6. The molecule has 0 aliphatic carbocycles. The summed E-state index contributed by atoms with van der Waals surface area (Å²) in [5, 5.41) is 10.0. The van der Waals surface area contributed by atoms with E-state index in [1.165, 1.54) is 0 Å². The number of carboxylic acids is 1. The van der Waals surface area contributed by atoms with Crippen molar-refractivity contribution < 1.29 is 144 Å². The minimum Gasteiger partial charge on any atom is -0.810 e. The predicted molar refractivity (Wildman–Crippen MR) is 36.7 cm³/mol. The third kappa shape index (κ3) is 26.5. The van der Waals surface area contributed by atoms with E-state index in [0.717, 1.165) is 0 Å². The van der Waals surface area contributed by atoms with Crippen molar-refractivity contribution in [2.24, 2.45) is 0 Å². The summed E-state index contributed by atoms with van der Waals surface area (Å²) in [6.07, 6.45) is -2.70. The Balaban J connectivity index is -0.000000163. The minimum atomic E-state index is -5.13. The van der Waals surface area contributed by atoms with Crippen LogP contribution in [0.4, 0.5) is 0 Å². The summed E-state index contributed by atoms with van der Waals surface area (Å²) < 4.78 is 20.5. The molecule has 97 valence electrons. The number of hydrogen-bond acceptors (Lipinski definition) is 9. The summed E-state index contributed by atoms with van der Waals surface area (Å²) >= 11 is 0. The number of nitrogens with zero attached hydrogens (tertiary/aromatic N) is 1. The average Bonchev–Trinajstić information content (AvgIpc) is 1.73. The van der Waals surface area contributed by atoms with Gasteiger partial charge >= 0.3 is 105 Å². The summed E-state index contributed by atoms with van der Waals surface area (Å²) in [5.74, 6) is -1.79. The van der Waals surface area contributed by atoms with Crippen LogP contribution >= 0.6 is 15.2 Å². The molecular formula is C4H6CoNNa3O8P2. The SMILES string of the molecule is O=C([O-])CN(CP(=O)([O-])[O-])CP(=O)([O-])[O-].[Co+2].[Na+].[Na+].[Na+]. The van der Waals surface area contributed by atoms with Crippen molar-refractivity contribution in [1.29, 1.82) is 0 Å². The van der Waals surface area contributed by atoms with Crippen LogP contribution in [0.5, 0.6) is 0 Å². The van der Waals surface area contributed by atoms with Gasteiger partial charge in [0.05, 0.1) is 5.97 Å². The van der Waals surface area contributed by atoms with Crippen molar-refractivity contribution in [2.45, 2.75) is 0 Å². The summed E-state index contributed by atoms with van der Waals surface area (Å²) in [7, 11) is -10.3. The Labute approximate surface area is 186 Å². The Morgan fingerprint density at radius 2 is 1.16 bits per heavy atom. The molecule has 0 saturated heterocycles. The molecule has 0 spiro atoms. The van der Waals surface area contributed by atoms with Gasteiger partial charge in [-0.1, -0.05) is 15.2 Å². The largest absolute Gasteiger partial charge is 2.00 e. The van der Waals surface area contributed by atoms with Crippen molar-refractivity contribution >= 4 is 21.2 Å². The minimum absolute atomic E-state index is 0. The fourth-order valence-electron chi connectivity index (χ4n) is 0.817. The molecule has 0 bridgehead atoms. The van der Waals surface area contributed by atoms with Gasteiger partial charge in [0, 0.05) is 19.1 Å². The molecule has 0 heterocycles. The van der Waals surface area contributed by atoms with Crippen LogP contribution in [0.2, 0.25) is 0 Å². The number of carbonyl (C=O) groups excluding carboxylic acids is 1. The van der Waals surface area contributed by atoms with Crippen LogP contribution in [0.3, 0.4) is 0 Å². The third-order valence-corrected chi connectivity index (χ3v) is 2.59. The number of carboxylic acid groups (broad SMARTS) is 1. The molecule has 0 unspecified atom stereocenters. The van der Waals surface area contributed by atoms with E-state index in [2.05, 4.69) is 0 Å². The van der Waals surface area contributed by atoms with Gasteiger partial charge in [-0.2, -0.15) is 0 Å². The summed E-state index contributed by atoms with van der Waals surface area (Å²) in [5.41, 5.74) is 0. The first-order chi connectivity index (χ1) is 6.49. The normalized spacial score (nSPS) is 10.4. The Kier molecular flexibility index (Phi) is 26.3. The van der Waals surface area contributed by atoms with E-state index in [4.69, 9.17) is 0 Å². The molecule has 0 fully saturated rings. The zero-order valence-electron chi connectivity index (χ0n) is 10.6. The molecule has 0 rings (SSSR count). The first kappa shape index (κ1) is 33.8. The number of aliphatic carboxylic acids is 1. The Morgan fingerprint density at radius 3 is 1.32 bits per heavy atom. The fourth-order valence-corrected chi connectivity index (χ4v) is 2.35. The molecule has 0 atom stereocenters. The summed E-state index contributed by atoms with van der Waals surface area (Å²) in [6.45, 7) is -1.12. The maximum atomic E-state index is 10.2. The Morgan fingerprint density at radius 1 is 0.895 bits per heavy atom. The van der Waals surface area contributed by atoms with E-state index < -0.39 is 40.3 Å². The van der Waals surface area contributed by atoms with Gasteiger partial charge in [-0.3, -0.25) is 4.90 Å². The van der Waals surface area contributed by atoms with Gasteiger partial charge in [0.1, 0.15) is 0 Å². The molecule has 9 nitrogen and oxygen atoms in total. The van der Waals surface area contributed by atoms with Crippen LogP contribution in [-0.4, -0.2) is 30.0 Å². The van der Waals surface area contributed by atoms with Crippen molar-refractivity contribution in [1.82, 2.24) is 4.90 Å². The first-order valence-electron chi connectivity index (χ1n) is 3.44. The zero-order valence-corrected chi connectivity index (χ0v) is 19.4. The third-order valence-electron chi connectivity index (χ3n) is 1.10. The number of carbonyl (C=O) groups is 1. The summed E-state index contributed by atoms with van der Waals surface area (Å²) in [4.78, 5) is 51.1. The van der Waals surface area contributed by atoms with Gasteiger partial charge in [-0.15, -0.1) is 0 Å². The molecule has 0 aliphatic rings. The maximum Gasteiger partial charge on any atom is 2.00 e. The topological polar surface area (TPSA) is 170 Å². The molecule has 0 aromatic rings. The van der Waals surface area contributed by atoms with Gasteiger partial charge < -0.3 is 38.6 Å². The van der Waals surface area contributed by atoms with Gasteiger partial charge in [-0.25, -0.2) is 0 Å². The predicted octanol–water partition coefficient (Wildman–Crippen LogP) is -14.2. The van der Waals surface area contributed by atoms with Gasteiger partial charge in [-0.05, 0) is 0 Å². The molecule has 0 aromatic carbocycles. The second-order valence-electron chi connectivity index (χ2n) is 2.71. The van der Waals surface area contributed by atoms with E-state index in [1.54, 1.807) is 0 Å². The molecule has 15 heteroatoms. The average molecular weight is 386 g/mol. The van der Waals surface area contributed by atoms with Crippen molar-refractivity contribution in [3.05, 3.63) is 0 Å². The maximum absolute atomic E-state index is 10.2. The molecule has 19 heavy (non-hydrogen) atoms. The first-order valence-corrected chi connectivity index (χ1v) is 6.89. The van der Waals surface area contributed by atoms with E-state index in [1.807, 2.05) is 0 Å². The quantitative estimate of drug-likeness (QED) is 0.318. The van der Waals surface area contributed by atoms with Crippen LogP contribution < -0.4 is 113 Å². The van der Waals surface area contributed by atoms with Crippen LogP contribution in [0.15, 0.2) is 0 Å². The van der Waals surface area contributed by atoms with Gasteiger partial charge in [0.25, 0.3) is 0 Å². The zero-order chi connectivity index (χ0) is 12.3. The van der Waals surface area contributed by atoms with E-state index >= 15 is 0 Å². The molecule has 0 N–H and O–H groups in total. The smallest absolute Gasteiger partial charge is 0.810 e. The summed E-state index contributed by atoms with van der Waals surface area (Å²) in [6, 6.07) is 0. The molecular weight excluding hydrogens is 380 g/mol. The van der Waals surface area contributed by atoms with Crippen LogP contribution in [-0.2, 0) is 30.7 Å². The molecule has 0 saturated carbocycles. The Bertz CT molecular complexity index is 310. The van der Waals surface area contributed by atoms with Crippen molar-refractivity contribution in [2.75, 3.05) is 19.1 Å². The van der Waals surface area contributed by atoms with Gasteiger partial charge in [0.15, 0.2) is 0 Å². The molecule has 1 radical (unpaired) electrons. The standard InChI is InChI=1S/C4H11NO8P2.Co.3Na/c6-4(7)1-5(2-14(8,9)10)3-15(11,12)13;;;;/h1-3H2,(H,6,7)(H2,8,9,10)(H2,11,12,13);;;;/q;+2;3*+1/p-5. The van der Waals surface area contributed by atoms with Crippen LogP contribution in [0.1, 0.15) is 0 Å². The van der Waals surface area contributed by atoms with E-state index in [0.29, 0.717) is 0 Å². The number of hydrogen-bond donors (Lipinski definition) is 0.